The number of aryl methyl sites for hydroxylation is 1. The zero-order chi connectivity index (χ0) is 24.0. The van der Waals surface area contributed by atoms with Gasteiger partial charge in [0.05, 0.1) is 18.7 Å². The number of rotatable bonds is 5. The molecule has 8 nitrogen and oxygen atoms in total. The molecule has 1 aromatic carbocycles. The molecule has 1 saturated carbocycles. The second-order valence-electron chi connectivity index (χ2n) is 9.41. The van der Waals surface area contributed by atoms with Crippen LogP contribution < -0.4 is 15.8 Å². The van der Waals surface area contributed by atoms with Crippen LogP contribution in [-0.4, -0.2) is 35.6 Å². The van der Waals surface area contributed by atoms with Gasteiger partial charge < -0.3 is 15.0 Å². The summed E-state index contributed by atoms with van der Waals surface area (Å²) in [5.41, 5.74) is 3.00. The summed E-state index contributed by atoms with van der Waals surface area (Å²) in [4.78, 5) is 32.6. The van der Waals surface area contributed by atoms with Gasteiger partial charge in [-0.15, -0.1) is 0 Å². The zero-order valence-corrected chi connectivity index (χ0v) is 19.5. The average Bonchev–Trinajstić information content (AvgIpc) is 2.83. The average molecular weight is 458 g/mol. The van der Waals surface area contributed by atoms with E-state index in [1.807, 2.05) is 32.0 Å². The third-order valence-electron chi connectivity index (χ3n) is 6.94. The van der Waals surface area contributed by atoms with E-state index in [-0.39, 0.29) is 17.2 Å². The Bertz CT molecular complexity index is 1370. The molecule has 2 aliphatic heterocycles. The number of nitrogens with zero attached hydrogens (tertiary/aromatic N) is 4. The smallest absolute Gasteiger partial charge is 0.339 e. The van der Waals surface area contributed by atoms with Gasteiger partial charge in [0.25, 0.3) is 5.56 Å². The number of nitriles is 1. The van der Waals surface area contributed by atoms with Crippen molar-refractivity contribution < 1.29 is 9.53 Å². The normalized spacial score (nSPS) is 19.8. The van der Waals surface area contributed by atoms with Gasteiger partial charge in [-0.2, -0.15) is 5.26 Å². The Morgan fingerprint density at radius 3 is 2.65 bits per heavy atom. The van der Waals surface area contributed by atoms with E-state index < -0.39 is 5.97 Å². The molecule has 34 heavy (non-hydrogen) atoms. The monoisotopic (exact) mass is 457 g/mol. The maximum Gasteiger partial charge on any atom is 0.339 e. The molecule has 3 fully saturated rings. The molecule has 2 aromatic heterocycles. The summed E-state index contributed by atoms with van der Waals surface area (Å²) in [6.07, 6.45) is 4.16. The lowest BCUT2D eigenvalue weighted by molar-refractivity contribution is 0.0602. The maximum absolute atomic E-state index is 13.4. The van der Waals surface area contributed by atoms with Gasteiger partial charge in [0, 0.05) is 30.5 Å². The summed E-state index contributed by atoms with van der Waals surface area (Å²) in [5.74, 6) is 1.27. The number of esters is 1. The molecular weight excluding hydrogens is 430 g/mol. The number of hydrogen-bond acceptors (Lipinski definition) is 7. The number of para-hydroxylation sites is 1. The predicted octanol–water partition coefficient (Wildman–Crippen LogP) is 3.68. The van der Waals surface area contributed by atoms with Crippen molar-refractivity contribution in [3.05, 3.63) is 69.1 Å². The first kappa shape index (κ1) is 22.0. The summed E-state index contributed by atoms with van der Waals surface area (Å²) in [7, 11) is 1.35. The van der Waals surface area contributed by atoms with E-state index in [1.54, 1.807) is 18.3 Å². The minimum absolute atomic E-state index is 0.0898. The van der Waals surface area contributed by atoms with Crippen LogP contribution >= 0.6 is 0 Å². The van der Waals surface area contributed by atoms with Crippen LogP contribution in [0.1, 0.15) is 52.9 Å². The highest BCUT2D eigenvalue weighted by Crippen LogP contribution is 2.41. The fourth-order valence-electron chi connectivity index (χ4n) is 5.29. The highest BCUT2D eigenvalue weighted by molar-refractivity contribution is 5.95. The first-order chi connectivity index (χ1) is 16.4. The molecule has 174 valence electrons. The molecule has 6 rings (SSSR count). The van der Waals surface area contributed by atoms with E-state index in [9.17, 15) is 14.9 Å². The lowest BCUT2D eigenvalue weighted by Crippen LogP contribution is -2.49. The quantitative estimate of drug-likeness (QED) is 0.584. The molecule has 0 unspecified atom stereocenters. The largest absolute Gasteiger partial charge is 0.465 e. The highest BCUT2D eigenvalue weighted by Gasteiger charge is 2.38. The van der Waals surface area contributed by atoms with Crippen molar-refractivity contribution in [1.29, 1.82) is 5.26 Å². The van der Waals surface area contributed by atoms with E-state index in [2.05, 4.69) is 16.3 Å². The number of ether oxygens (including phenoxy) is 1. The summed E-state index contributed by atoms with van der Waals surface area (Å²) < 4.78 is 6.39. The molecule has 8 heteroatoms. The summed E-state index contributed by atoms with van der Waals surface area (Å²) in [6, 6.07) is 11.0. The van der Waals surface area contributed by atoms with Crippen molar-refractivity contribution in [2.24, 2.45) is 11.8 Å². The fourth-order valence-corrected chi connectivity index (χ4v) is 5.29. The Morgan fingerprint density at radius 1 is 1.26 bits per heavy atom. The van der Waals surface area contributed by atoms with Crippen LogP contribution in [0, 0.1) is 30.1 Å². The Kier molecular flexibility index (Phi) is 5.48. The van der Waals surface area contributed by atoms with E-state index >= 15 is 0 Å². The minimum atomic E-state index is -0.427. The van der Waals surface area contributed by atoms with Crippen LogP contribution in [0.5, 0.6) is 0 Å². The topological polar surface area (TPSA) is 99.7 Å². The fraction of sp³-hybridized carbons (Fsp3) is 0.385. The molecule has 1 aliphatic carbocycles. The predicted molar refractivity (Wildman–Crippen MR) is 129 cm³/mol. The molecular formula is C26H27N5O3. The van der Waals surface area contributed by atoms with E-state index in [0.29, 0.717) is 34.6 Å². The molecule has 2 bridgehead atoms. The molecule has 0 radical (unpaired) electrons. The van der Waals surface area contributed by atoms with Crippen molar-refractivity contribution in [2.75, 3.05) is 30.4 Å². The third kappa shape index (κ3) is 3.67. The molecule has 0 amide bonds. The molecule has 4 heterocycles. The van der Waals surface area contributed by atoms with Crippen LogP contribution in [0.4, 0.5) is 11.5 Å². The molecule has 0 spiro atoms. The van der Waals surface area contributed by atoms with Crippen LogP contribution in [-0.2, 0) is 4.74 Å². The number of fused-ring (bicyclic) bond motifs is 3. The highest BCUT2D eigenvalue weighted by atomic mass is 16.5. The van der Waals surface area contributed by atoms with Gasteiger partial charge in [-0.1, -0.05) is 12.1 Å². The lowest BCUT2D eigenvalue weighted by Gasteiger charge is -2.47. The summed E-state index contributed by atoms with van der Waals surface area (Å²) in [6.45, 7) is 5.52. The van der Waals surface area contributed by atoms with Crippen molar-refractivity contribution in [2.45, 2.75) is 32.7 Å². The SMILES string of the molecule is COC(=O)c1ccccc1N[C@H](C)c1cc(C)cn2c(=O)c(C#N)c(N3CC4CC(C4)C3)nc12. The van der Waals surface area contributed by atoms with Gasteiger partial charge >= 0.3 is 5.97 Å². The summed E-state index contributed by atoms with van der Waals surface area (Å²) >= 11 is 0. The second kappa shape index (κ2) is 8.49. The van der Waals surface area contributed by atoms with Gasteiger partial charge in [0.15, 0.2) is 11.4 Å². The Hall–Kier alpha value is -3.86. The number of pyridine rings is 1. The Labute approximate surface area is 197 Å². The van der Waals surface area contributed by atoms with E-state index in [4.69, 9.17) is 9.72 Å². The maximum atomic E-state index is 13.4. The van der Waals surface area contributed by atoms with Crippen molar-refractivity contribution in [1.82, 2.24) is 9.38 Å². The van der Waals surface area contributed by atoms with Gasteiger partial charge in [-0.25, -0.2) is 9.78 Å². The number of anilines is 2. The molecule has 1 N–H and O–H groups in total. The van der Waals surface area contributed by atoms with Crippen molar-refractivity contribution in [3.63, 3.8) is 0 Å². The minimum Gasteiger partial charge on any atom is -0.465 e. The standard InChI is InChI=1S/C26H27N5O3/c1-15-8-20(16(2)28-22-7-5-4-6-19(22)26(33)34-3)24-29-23(21(11-27)25(32)31(24)12-15)30-13-17-9-18(10-17)14-30/h4-8,12,16-18,28H,9-10,13-14H2,1-3H3/t16-,17?,18?/m1/s1. The molecule has 3 aliphatic rings. The summed E-state index contributed by atoms with van der Waals surface area (Å²) in [5, 5.41) is 13.2. The Morgan fingerprint density at radius 2 is 1.97 bits per heavy atom. The van der Waals surface area contributed by atoms with Crippen molar-refractivity contribution in [3.8, 4) is 6.07 Å². The van der Waals surface area contributed by atoms with Crippen LogP contribution in [0.15, 0.2) is 41.3 Å². The van der Waals surface area contributed by atoms with E-state index in [1.165, 1.54) is 24.4 Å². The molecule has 1 atom stereocenters. The third-order valence-corrected chi connectivity index (χ3v) is 6.94. The first-order valence-electron chi connectivity index (χ1n) is 11.6. The van der Waals surface area contributed by atoms with Crippen molar-refractivity contribution >= 4 is 23.1 Å². The number of carbonyl (C=O) groups excluding carboxylic acids is 1. The van der Waals surface area contributed by atoms with Gasteiger partial charge in [-0.05, 0) is 62.3 Å². The number of methoxy groups -OCH3 is 1. The number of benzene rings is 1. The zero-order valence-electron chi connectivity index (χ0n) is 19.5. The van der Waals surface area contributed by atoms with Crippen LogP contribution in [0.25, 0.3) is 5.65 Å². The van der Waals surface area contributed by atoms with Gasteiger partial charge in [0.1, 0.15) is 11.7 Å². The number of nitrogens with one attached hydrogen (secondary N) is 1. The number of carbonyl (C=O) groups is 1. The first-order valence-corrected chi connectivity index (χ1v) is 11.6. The van der Waals surface area contributed by atoms with Crippen LogP contribution in [0.2, 0.25) is 0 Å². The number of hydrogen-bond donors (Lipinski definition) is 1. The number of aromatic nitrogens is 2. The molecule has 3 aromatic rings. The Balaban J connectivity index is 1.61. The molecule has 2 saturated heterocycles. The number of piperidine rings is 2. The van der Waals surface area contributed by atoms with Gasteiger partial charge in [-0.3, -0.25) is 9.20 Å². The van der Waals surface area contributed by atoms with E-state index in [0.717, 1.165) is 24.2 Å². The lowest BCUT2D eigenvalue weighted by atomic mass is 9.71. The second-order valence-corrected chi connectivity index (χ2v) is 9.41. The van der Waals surface area contributed by atoms with Gasteiger partial charge in [0.2, 0.25) is 0 Å². The van der Waals surface area contributed by atoms with Crippen LogP contribution in [0.3, 0.4) is 0 Å².